The molecule has 314 valence electrons. The standard InChI is InChI=1S/C41H54BFN4O11/c1-11-46-16-17-47(36(50)35(46)49)38(52)45-32(22-13-15-26(53-8)27(18-22)54-9)34(48)44-30(42-57-29-21-24-20-28(40(24,5)6)41(29,7)58-42)19-23-12-14-25(43)31(33(23)55-10)37(51)56-39(2,3)4/h12-15,18,24,28-30,32H,11,16-17,19-21H2,1-10H3,(H,44,48)(H,45,52)/t24-,28-,29+,30?,32?,41-/m0/s1. The molecule has 0 spiro atoms. The van der Waals surface area contributed by atoms with Gasteiger partial charge in [0.15, 0.2) is 11.5 Å². The fourth-order valence-corrected chi connectivity index (χ4v) is 9.01. The number of ether oxygens (including phenoxy) is 4. The molecule has 2 unspecified atom stereocenters. The molecule has 3 aliphatic carbocycles. The van der Waals surface area contributed by atoms with Gasteiger partial charge in [0, 0.05) is 19.6 Å². The fourth-order valence-electron chi connectivity index (χ4n) is 9.01. The molecular weight excluding hydrogens is 754 g/mol. The van der Waals surface area contributed by atoms with E-state index in [9.17, 15) is 24.0 Å². The quantitative estimate of drug-likeness (QED) is 0.179. The molecule has 0 aromatic heterocycles. The van der Waals surface area contributed by atoms with Crippen LogP contribution in [0.15, 0.2) is 30.3 Å². The summed E-state index contributed by atoms with van der Waals surface area (Å²) in [7, 11) is 3.15. The molecule has 17 heteroatoms. The van der Waals surface area contributed by atoms with Crippen molar-refractivity contribution in [2.24, 2.45) is 17.3 Å². The highest BCUT2D eigenvalue weighted by molar-refractivity contribution is 6.48. The molecule has 0 radical (unpaired) electrons. The van der Waals surface area contributed by atoms with Crippen molar-refractivity contribution in [3.8, 4) is 17.2 Å². The molecular formula is C41H54BFN4O11. The summed E-state index contributed by atoms with van der Waals surface area (Å²) in [5, 5.41) is 5.69. The number of nitrogens with zero attached hydrogens (tertiary/aromatic N) is 2. The van der Waals surface area contributed by atoms with E-state index in [0.717, 1.165) is 23.8 Å². The van der Waals surface area contributed by atoms with Gasteiger partial charge in [-0.05, 0) is 100 Å². The number of methoxy groups -OCH3 is 3. The van der Waals surface area contributed by atoms with Crippen molar-refractivity contribution in [1.82, 2.24) is 20.4 Å². The summed E-state index contributed by atoms with van der Waals surface area (Å²) < 4.78 is 51.0. The highest BCUT2D eigenvalue weighted by atomic mass is 19.1. The van der Waals surface area contributed by atoms with Crippen LogP contribution in [0.5, 0.6) is 17.2 Å². The predicted octanol–water partition coefficient (Wildman–Crippen LogP) is 4.24. The Kier molecular flexibility index (Phi) is 11.8. The van der Waals surface area contributed by atoms with E-state index >= 15 is 4.39 Å². The van der Waals surface area contributed by atoms with Crippen LogP contribution in [-0.4, -0.2) is 111 Å². The molecule has 5 amide bonds. The van der Waals surface area contributed by atoms with E-state index in [1.807, 2.05) is 6.92 Å². The molecule has 2 bridgehead atoms. The molecule has 58 heavy (non-hydrogen) atoms. The normalized spacial score (nSPS) is 24.6. The third-order valence-corrected chi connectivity index (χ3v) is 12.3. The van der Waals surface area contributed by atoms with Gasteiger partial charge in [-0.3, -0.25) is 19.3 Å². The zero-order valence-corrected chi connectivity index (χ0v) is 34.9. The summed E-state index contributed by atoms with van der Waals surface area (Å²) in [6.07, 6.45) is 1.36. The summed E-state index contributed by atoms with van der Waals surface area (Å²) in [5.41, 5.74) is -1.42. The molecule has 2 aromatic rings. The third-order valence-electron chi connectivity index (χ3n) is 12.3. The number of benzene rings is 2. The Morgan fingerprint density at radius 3 is 2.29 bits per heavy atom. The first-order valence-corrected chi connectivity index (χ1v) is 19.6. The van der Waals surface area contributed by atoms with E-state index in [1.165, 1.54) is 38.4 Å². The van der Waals surface area contributed by atoms with Crippen LogP contribution in [0.3, 0.4) is 0 Å². The summed E-state index contributed by atoms with van der Waals surface area (Å²) in [5.74, 6) is -4.23. The van der Waals surface area contributed by atoms with E-state index in [2.05, 4.69) is 24.5 Å². The smallest absolute Gasteiger partial charge is 0.482 e. The van der Waals surface area contributed by atoms with Gasteiger partial charge in [0.05, 0.1) is 39.0 Å². The summed E-state index contributed by atoms with van der Waals surface area (Å²) in [6.45, 7) is 13.5. The van der Waals surface area contributed by atoms with Crippen LogP contribution in [0, 0.1) is 23.1 Å². The molecule has 5 fully saturated rings. The highest BCUT2D eigenvalue weighted by Crippen LogP contribution is 2.65. The van der Waals surface area contributed by atoms with E-state index in [1.54, 1.807) is 39.8 Å². The van der Waals surface area contributed by atoms with Crippen LogP contribution in [0.1, 0.15) is 88.8 Å². The minimum absolute atomic E-state index is 0.00890. The SMILES string of the molecule is CCN1CCN(C(=O)NC(C(=O)NC(Cc2ccc(F)c(C(=O)OC(C)(C)C)c2OC)B2O[C@@H]3C[C@@H]4C[C@@H](C4(C)C)[C@]3(C)O2)c2ccc(OC)c(OC)c2)C(=O)C1=O. The molecule has 7 rings (SSSR count). The van der Waals surface area contributed by atoms with Gasteiger partial charge in [-0.25, -0.2) is 14.0 Å². The van der Waals surface area contributed by atoms with Gasteiger partial charge < -0.3 is 43.8 Å². The molecule has 15 nitrogen and oxygen atoms in total. The first-order chi connectivity index (χ1) is 27.3. The maximum atomic E-state index is 15.4. The van der Waals surface area contributed by atoms with Gasteiger partial charge in [0.2, 0.25) is 5.91 Å². The van der Waals surface area contributed by atoms with Gasteiger partial charge in [0.1, 0.15) is 28.8 Å². The van der Waals surface area contributed by atoms with Crippen LogP contribution < -0.4 is 24.8 Å². The third kappa shape index (κ3) is 7.82. The molecule has 3 saturated carbocycles. The number of rotatable bonds is 12. The van der Waals surface area contributed by atoms with Gasteiger partial charge in [-0.2, -0.15) is 0 Å². The second kappa shape index (κ2) is 16.0. The number of piperazine rings is 1. The Morgan fingerprint density at radius 2 is 1.67 bits per heavy atom. The number of amides is 5. The maximum absolute atomic E-state index is 15.4. The average molecular weight is 809 g/mol. The zero-order chi connectivity index (χ0) is 42.5. The van der Waals surface area contributed by atoms with Crippen molar-refractivity contribution in [2.45, 2.75) is 97.0 Å². The van der Waals surface area contributed by atoms with Crippen LogP contribution in [-0.2, 0) is 34.9 Å². The van der Waals surface area contributed by atoms with Gasteiger partial charge in [-0.15, -0.1) is 0 Å². The topological polar surface area (TPSA) is 171 Å². The monoisotopic (exact) mass is 808 g/mol. The van der Waals surface area contributed by atoms with Crippen molar-refractivity contribution in [3.63, 3.8) is 0 Å². The fraction of sp³-hybridized carbons (Fsp3) is 0.585. The number of hydrogen-bond donors (Lipinski definition) is 2. The number of imide groups is 1. The molecule has 5 aliphatic rings. The van der Waals surface area contributed by atoms with Gasteiger partial charge in [0.25, 0.3) is 0 Å². The molecule has 2 heterocycles. The highest BCUT2D eigenvalue weighted by Gasteiger charge is 2.68. The Balaban J connectivity index is 1.38. The number of carbonyl (C=O) groups is 5. The average Bonchev–Trinajstić information content (AvgIpc) is 3.54. The zero-order valence-electron chi connectivity index (χ0n) is 34.9. The Bertz CT molecular complexity index is 1970. The van der Waals surface area contributed by atoms with Crippen molar-refractivity contribution < 1.29 is 56.6 Å². The number of carbonyl (C=O) groups excluding carboxylic acids is 5. The molecule has 2 aliphatic heterocycles. The lowest BCUT2D eigenvalue weighted by Gasteiger charge is -2.64. The summed E-state index contributed by atoms with van der Waals surface area (Å²) >= 11 is 0. The van der Waals surface area contributed by atoms with Crippen LogP contribution in [0.2, 0.25) is 0 Å². The minimum atomic E-state index is -1.46. The van der Waals surface area contributed by atoms with E-state index in [4.69, 9.17) is 28.3 Å². The second-order valence-electron chi connectivity index (χ2n) is 17.1. The maximum Gasteiger partial charge on any atom is 0.482 e. The van der Waals surface area contributed by atoms with Crippen LogP contribution in [0.25, 0.3) is 0 Å². The number of halogens is 1. The van der Waals surface area contributed by atoms with E-state index in [0.29, 0.717) is 23.8 Å². The number of hydrogen-bond acceptors (Lipinski definition) is 11. The number of esters is 1. The second-order valence-corrected chi connectivity index (χ2v) is 17.1. The lowest BCUT2D eigenvalue weighted by atomic mass is 9.43. The summed E-state index contributed by atoms with van der Waals surface area (Å²) in [6, 6.07) is 4.82. The molecule has 6 atom stereocenters. The number of likely N-dealkylation sites (N-methyl/N-ethyl adjacent to an activating group) is 1. The van der Waals surface area contributed by atoms with Crippen molar-refractivity contribution in [2.75, 3.05) is 41.0 Å². The number of nitrogens with one attached hydrogen (secondary N) is 2. The number of urea groups is 1. The minimum Gasteiger partial charge on any atom is -0.495 e. The summed E-state index contributed by atoms with van der Waals surface area (Å²) in [4.78, 5) is 69.8. The van der Waals surface area contributed by atoms with Crippen LogP contribution in [0.4, 0.5) is 9.18 Å². The predicted molar refractivity (Wildman–Crippen MR) is 209 cm³/mol. The van der Waals surface area contributed by atoms with Crippen molar-refractivity contribution >= 4 is 36.8 Å². The molecule has 2 aromatic carbocycles. The Morgan fingerprint density at radius 1 is 0.966 bits per heavy atom. The largest absolute Gasteiger partial charge is 0.495 e. The van der Waals surface area contributed by atoms with E-state index < -0.39 is 71.4 Å². The lowest BCUT2D eigenvalue weighted by molar-refractivity contribution is -0.199. The van der Waals surface area contributed by atoms with Crippen molar-refractivity contribution in [3.05, 3.63) is 52.8 Å². The van der Waals surface area contributed by atoms with E-state index in [-0.39, 0.29) is 54.0 Å². The first-order valence-electron chi connectivity index (χ1n) is 19.6. The lowest BCUT2D eigenvalue weighted by Crippen LogP contribution is -2.65. The molecule has 2 saturated heterocycles. The first kappa shape index (κ1) is 42.7. The Hall–Kier alpha value is -4.90. The van der Waals surface area contributed by atoms with Crippen LogP contribution >= 0.6 is 0 Å². The Labute approximate surface area is 338 Å². The van der Waals surface area contributed by atoms with Gasteiger partial charge in [-0.1, -0.05) is 26.0 Å². The van der Waals surface area contributed by atoms with Crippen molar-refractivity contribution in [1.29, 1.82) is 0 Å². The molecule has 2 N–H and O–H groups in total. The van der Waals surface area contributed by atoms with Gasteiger partial charge >= 0.3 is 30.9 Å².